The van der Waals surface area contributed by atoms with Crippen LogP contribution in [0.2, 0.25) is 0 Å². The number of methoxy groups -OCH3 is 3. The van der Waals surface area contributed by atoms with Crippen LogP contribution in [0.25, 0.3) is 22.0 Å². The zero-order valence-corrected chi connectivity index (χ0v) is 31.4. The molecule has 1 fully saturated rings. The zero-order valence-electron chi connectivity index (χ0n) is 31.4. The Hall–Kier alpha value is -6.50. The van der Waals surface area contributed by atoms with Gasteiger partial charge < -0.3 is 23.7 Å². The van der Waals surface area contributed by atoms with E-state index in [1.165, 1.54) is 10.8 Å². The second-order valence-corrected chi connectivity index (χ2v) is 13.7. The van der Waals surface area contributed by atoms with Crippen molar-refractivity contribution < 1.29 is 23.7 Å². The van der Waals surface area contributed by atoms with Crippen LogP contribution in [0.4, 0.5) is 0 Å². The molecule has 1 saturated heterocycles. The minimum atomic E-state index is -1.12. The summed E-state index contributed by atoms with van der Waals surface area (Å²) in [6.45, 7) is 1.73. The predicted octanol–water partition coefficient (Wildman–Crippen LogP) is 6.82. The molecule has 2 aromatic heterocycles. The van der Waals surface area contributed by atoms with Gasteiger partial charge in [-0.3, -0.25) is 14.3 Å². The van der Waals surface area contributed by atoms with Crippen LogP contribution in [0.3, 0.4) is 0 Å². The maximum Gasteiger partial charge on any atom is 0.330 e. The largest absolute Gasteiger partial charge is 0.497 e. The molecule has 0 radical (unpaired) electrons. The standard InChI is InChI=1S/C44H41N5O7/c1-28-26-48(43(51)46-42(28)50)41-24-38(49-39(25-45-47-49)31-11-10-30-23-37(54-4)17-12-29(30)22-31)40(56-41)27-55-44(32-8-6-5-7-9-32,33-13-18-35(52-2)19-14-33)34-15-20-36(53-3)21-16-34/h5-23,25-26,38,40-41H,24,27H2,1-4H3,(H,46,50,51)/t38-,40+,41+/m0/s1. The molecule has 8 rings (SSSR count). The van der Waals surface area contributed by atoms with E-state index in [-0.39, 0.29) is 6.61 Å². The first-order valence-corrected chi connectivity index (χ1v) is 18.3. The molecule has 284 valence electrons. The van der Waals surface area contributed by atoms with E-state index in [9.17, 15) is 9.59 Å². The molecule has 12 nitrogen and oxygen atoms in total. The average molecular weight is 752 g/mol. The van der Waals surface area contributed by atoms with Crippen LogP contribution in [-0.4, -0.2) is 58.6 Å². The van der Waals surface area contributed by atoms with E-state index >= 15 is 0 Å². The zero-order chi connectivity index (χ0) is 38.8. The molecule has 5 aromatic carbocycles. The van der Waals surface area contributed by atoms with Gasteiger partial charge in [0.05, 0.1) is 45.9 Å². The van der Waals surface area contributed by atoms with Gasteiger partial charge in [-0.15, -0.1) is 5.10 Å². The summed E-state index contributed by atoms with van der Waals surface area (Å²) in [5.41, 5.74) is 2.55. The lowest BCUT2D eigenvalue weighted by molar-refractivity contribution is -0.0842. The summed E-state index contributed by atoms with van der Waals surface area (Å²) in [6, 6.07) is 37.3. The predicted molar refractivity (Wildman–Crippen MR) is 211 cm³/mol. The first-order valence-electron chi connectivity index (χ1n) is 18.3. The Bertz CT molecular complexity index is 2540. The van der Waals surface area contributed by atoms with Gasteiger partial charge in [-0.05, 0) is 76.9 Å². The second kappa shape index (κ2) is 15.3. The number of aromatic nitrogens is 5. The van der Waals surface area contributed by atoms with Crippen LogP contribution >= 0.6 is 0 Å². The lowest BCUT2D eigenvalue weighted by Crippen LogP contribution is -2.38. The Labute approximate surface area is 322 Å². The summed E-state index contributed by atoms with van der Waals surface area (Å²) in [5, 5.41) is 11.0. The van der Waals surface area contributed by atoms with Crippen molar-refractivity contribution in [3.63, 3.8) is 0 Å². The lowest BCUT2D eigenvalue weighted by Gasteiger charge is -2.37. The average Bonchev–Trinajstić information content (AvgIpc) is 3.90. The molecule has 7 aromatic rings. The number of H-pyrrole nitrogens is 1. The van der Waals surface area contributed by atoms with Gasteiger partial charge >= 0.3 is 5.69 Å². The van der Waals surface area contributed by atoms with E-state index in [1.807, 2.05) is 114 Å². The van der Waals surface area contributed by atoms with E-state index in [4.69, 9.17) is 23.7 Å². The van der Waals surface area contributed by atoms with Gasteiger partial charge in [-0.1, -0.05) is 78.0 Å². The van der Waals surface area contributed by atoms with Crippen molar-refractivity contribution in [3.8, 4) is 28.5 Å². The van der Waals surface area contributed by atoms with Crippen molar-refractivity contribution in [2.45, 2.75) is 37.3 Å². The number of aryl methyl sites for hydroxylation is 1. The van der Waals surface area contributed by atoms with Crippen molar-refractivity contribution in [2.75, 3.05) is 27.9 Å². The molecular formula is C44H41N5O7. The maximum absolute atomic E-state index is 13.2. The maximum atomic E-state index is 13.2. The summed E-state index contributed by atoms with van der Waals surface area (Å²) in [5.74, 6) is 2.19. The van der Waals surface area contributed by atoms with Crippen molar-refractivity contribution in [2.24, 2.45) is 0 Å². The van der Waals surface area contributed by atoms with Crippen LogP contribution in [0.5, 0.6) is 17.2 Å². The number of nitrogens with zero attached hydrogens (tertiary/aromatic N) is 4. The highest BCUT2D eigenvalue weighted by Gasteiger charge is 2.44. The number of fused-ring (bicyclic) bond motifs is 1. The third-order valence-corrected chi connectivity index (χ3v) is 10.5. The van der Waals surface area contributed by atoms with Crippen LogP contribution in [0, 0.1) is 6.92 Å². The van der Waals surface area contributed by atoms with E-state index in [0.29, 0.717) is 23.5 Å². The molecule has 3 heterocycles. The van der Waals surface area contributed by atoms with Gasteiger partial charge in [0.25, 0.3) is 5.56 Å². The van der Waals surface area contributed by atoms with Gasteiger partial charge in [0.15, 0.2) is 0 Å². The molecule has 0 amide bonds. The summed E-state index contributed by atoms with van der Waals surface area (Å²) in [7, 11) is 4.92. The highest BCUT2D eigenvalue weighted by molar-refractivity contribution is 5.88. The minimum Gasteiger partial charge on any atom is -0.497 e. The van der Waals surface area contributed by atoms with Crippen molar-refractivity contribution in [3.05, 3.63) is 171 Å². The van der Waals surface area contributed by atoms with Gasteiger partial charge in [-0.2, -0.15) is 0 Å². The fraction of sp³-hybridized carbons (Fsp3) is 0.227. The number of aromatic amines is 1. The number of nitrogens with one attached hydrogen (secondary N) is 1. The number of ether oxygens (including phenoxy) is 5. The minimum absolute atomic E-state index is 0.0714. The third-order valence-electron chi connectivity index (χ3n) is 10.5. The molecule has 1 aliphatic heterocycles. The smallest absolute Gasteiger partial charge is 0.330 e. The molecule has 56 heavy (non-hydrogen) atoms. The number of hydrogen-bond acceptors (Lipinski definition) is 9. The molecule has 0 saturated carbocycles. The molecule has 1 N–H and O–H groups in total. The lowest BCUT2D eigenvalue weighted by atomic mass is 9.80. The summed E-state index contributed by atoms with van der Waals surface area (Å²) in [6.07, 6.45) is 2.23. The van der Waals surface area contributed by atoms with E-state index in [1.54, 1.807) is 34.4 Å². The molecule has 0 bridgehead atoms. The summed E-state index contributed by atoms with van der Waals surface area (Å²) < 4.78 is 33.9. The highest BCUT2D eigenvalue weighted by atomic mass is 16.6. The Morgan fingerprint density at radius 3 is 2.04 bits per heavy atom. The Balaban J connectivity index is 1.24. The van der Waals surface area contributed by atoms with Crippen LogP contribution < -0.4 is 25.5 Å². The van der Waals surface area contributed by atoms with E-state index in [2.05, 4.69) is 21.4 Å². The first kappa shape index (κ1) is 36.5. The Morgan fingerprint density at radius 1 is 0.768 bits per heavy atom. The molecule has 0 spiro atoms. The number of hydrogen-bond donors (Lipinski definition) is 1. The van der Waals surface area contributed by atoms with E-state index in [0.717, 1.165) is 44.5 Å². The SMILES string of the molecule is COc1ccc(C(OC[C@H]2O[C@@H](n3cc(C)c(=O)[nH]c3=O)C[C@@H]2n2nncc2-c2ccc3cc(OC)ccc3c2)(c2ccccc2)c2ccc(OC)cc2)cc1. The molecule has 12 heteroatoms. The normalized spacial score (nSPS) is 16.9. The third kappa shape index (κ3) is 6.73. The van der Waals surface area contributed by atoms with E-state index < -0.39 is 35.2 Å². The second-order valence-electron chi connectivity index (χ2n) is 13.7. The monoisotopic (exact) mass is 751 g/mol. The first-order chi connectivity index (χ1) is 27.3. The molecular weight excluding hydrogens is 711 g/mol. The van der Waals surface area contributed by atoms with Gasteiger partial charge in [-0.25, -0.2) is 9.48 Å². The van der Waals surface area contributed by atoms with Crippen LogP contribution in [0.15, 0.2) is 137 Å². The topological polar surface area (TPSA) is 132 Å². The Morgan fingerprint density at radius 2 is 1.38 bits per heavy atom. The van der Waals surface area contributed by atoms with Gasteiger partial charge in [0.2, 0.25) is 0 Å². The molecule has 1 aliphatic rings. The fourth-order valence-electron chi connectivity index (χ4n) is 7.58. The quantitative estimate of drug-likeness (QED) is 0.134. The Kier molecular flexibility index (Phi) is 9.98. The van der Waals surface area contributed by atoms with Gasteiger partial charge in [0.1, 0.15) is 35.2 Å². The fourth-order valence-corrected chi connectivity index (χ4v) is 7.58. The van der Waals surface area contributed by atoms with Gasteiger partial charge in [0, 0.05) is 23.7 Å². The van der Waals surface area contributed by atoms with Crippen molar-refractivity contribution in [1.82, 2.24) is 24.5 Å². The summed E-state index contributed by atoms with van der Waals surface area (Å²) in [4.78, 5) is 28.0. The van der Waals surface area contributed by atoms with Crippen LogP contribution in [0.1, 0.15) is 40.9 Å². The highest BCUT2D eigenvalue weighted by Crippen LogP contribution is 2.45. The molecule has 3 atom stereocenters. The molecule has 0 aliphatic carbocycles. The number of benzene rings is 5. The van der Waals surface area contributed by atoms with Crippen LogP contribution in [-0.2, 0) is 15.1 Å². The summed E-state index contributed by atoms with van der Waals surface area (Å²) >= 11 is 0. The molecule has 0 unspecified atom stereocenters. The van der Waals surface area contributed by atoms with Crippen molar-refractivity contribution in [1.29, 1.82) is 0 Å². The van der Waals surface area contributed by atoms with Crippen molar-refractivity contribution >= 4 is 10.8 Å². The number of rotatable bonds is 12.